The smallest absolute Gasteiger partial charge is 0.275 e. The Morgan fingerprint density at radius 1 is 1.04 bits per heavy atom. The van der Waals surface area contributed by atoms with Crippen molar-refractivity contribution < 1.29 is 0 Å². The summed E-state index contributed by atoms with van der Waals surface area (Å²) >= 11 is 3.14. The van der Waals surface area contributed by atoms with Crippen LogP contribution in [0.1, 0.15) is 4.88 Å². The Balaban J connectivity index is 1.40. The number of anilines is 2. The SMILES string of the molecule is Cc1cc2c(N3CCN(c4nn5c(=O)ccnc5s4)CC3)ncnc2s1. The summed E-state index contributed by atoms with van der Waals surface area (Å²) in [6.45, 7) is 5.43. The highest BCUT2D eigenvalue weighted by molar-refractivity contribution is 7.20. The van der Waals surface area contributed by atoms with Gasteiger partial charge < -0.3 is 9.80 Å². The normalized spacial score (nSPS) is 15.3. The van der Waals surface area contributed by atoms with Gasteiger partial charge in [0.05, 0.1) is 5.39 Å². The van der Waals surface area contributed by atoms with Gasteiger partial charge in [0.15, 0.2) is 0 Å². The average molecular weight is 385 g/mol. The van der Waals surface area contributed by atoms with Gasteiger partial charge in [-0.05, 0) is 13.0 Å². The predicted molar refractivity (Wildman–Crippen MR) is 104 cm³/mol. The number of nitrogens with zero attached hydrogens (tertiary/aromatic N) is 7. The van der Waals surface area contributed by atoms with Crippen LogP contribution in [0, 0.1) is 6.92 Å². The lowest BCUT2D eigenvalue weighted by atomic mass is 10.2. The van der Waals surface area contributed by atoms with E-state index in [1.165, 1.54) is 33.0 Å². The van der Waals surface area contributed by atoms with E-state index in [4.69, 9.17) is 0 Å². The van der Waals surface area contributed by atoms with Gasteiger partial charge in [-0.2, -0.15) is 4.52 Å². The first-order valence-corrected chi connectivity index (χ1v) is 9.88. The molecule has 0 bridgehead atoms. The van der Waals surface area contributed by atoms with Crippen molar-refractivity contribution in [1.82, 2.24) is 24.6 Å². The van der Waals surface area contributed by atoms with Crippen molar-refractivity contribution in [2.24, 2.45) is 0 Å². The van der Waals surface area contributed by atoms with Crippen LogP contribution in [0.2, 0.25) is 0 Å². The fraction of sp³-hybridized carbons (Fsp3) is 0.312. The van der Waals surface area contributed by atoms with Gasteiger partial charge in [0, 0.05) is 43.3 Å². The first kappa shape index (κ1) is 15.6. The van der Waals surface area contributed by atoms with E-state index >= 15 is 0 Å². The summed E-state index contributed by atoms with van der Waals surface area (Å²) in [6, 6.07) is 3.59. The maximum Gasteiger partial charge on any atom is 0.275 e. The number of hydrogen-bond donors (Lipinski definition) is 0. The molecule has 4 aromatic rings. The summed E-state index contributed by atoms with van der Waals surface area (Å²) in [6.07, 6.45) is 3.17. The number of rotatable bonds is 2. The molecule has 1 saturated heterocycles. The van der Waals surface area contributed by atoms with Crippen molar-refractivity contribution in [3.63, 3.8) is 0 Å². The van der Waals surface area contributed by atoms with Crippen molar-refractivity contribution in [1.29, 1.82) is 0 Å². The third-order valence-electron chi connectivity index (χ3n) is 4.44. The number of hydrogen-bond acceptors (Lipinski definition) is 9. The van der Waals surface area contributed by atoms with Crippen LogP contribution in [0.15, 0.2) is 29.5 Å². The van der Waals surface area contributed by atoms with Crippen LogP contribution in [0.4, 0.5) is 10.9 Å². The van der Waals surface area contributed by atoms with E-state index in [1.54, 1.807) is 17.7 Å². The summed E-state index contributed by atoms with van der Waals surface area (Å²) in [5.74, 6) is 1.00. The van der Waals surface area contributed by atoms with Gasteiger partial charge in [-0.15, -0.1) is 16.4 Å². The van der Waals surface area contributed by atoms with Gasteiger partial charge in [-0.25, -0.2) is 15.0 Å². The molecule has 0 radical (unpaired) electrons. The van der Waals surface area contributed by atoms with Crippen LogP contribution < -0.4 is 15.4 Å². The Morgan fingerprint density at radius 2 is 1.85 bits per heavy atom. The fourth-order valence-electron chi connectivity index (χ4n) is 3.19. The third-order valence-corrected chi connectivity index (χ3v) is 6.38. The first-order chi connectivity index (χ1) is 12.7. The molecule has 0 spiro atoms. The highest BCUT2D eigenvalue weighted by atomic mass is 32.1. The van der Waals surface area contributed by atoms with Crippen LogP contribution in [-0.2, 0) is 0 Å². The van der Waals surface area contributed by atoms with Crippen LogP contribution in [0.3, 0.4) is 0 Å². The summed E-state index contributed by atoms with van der Waals surface area (Å²) in [7, 11) is 0. The van der Waals surface area contributed by atoms with E-state index in [-0.39, 0.29) is 5.56 Å². The number of aryl methyl sites for hydroxylation is 1. The Hall–Kier alpha value is -2.59. The maximum atomic E-state index is 11.9. The second-order valence-electron chi connectivity index (χ2n) is 6.11. The first-order valence-electron chi connectivity index (χ1n) is 8.25. The van der Waals surface area contributed by atoms with E-state index in [1.807, 2.05) is 0 Å². The van der Waals surface area contributed by atoms with Crippen LogP contribution in [0.5, 0.6) is 0 Å². The molecule has 132 valence electrons. The zero-order chi connectivity index (χ0) is 17.7. The molecular weight excluding hydrogens is 370 g/mol. The average Bonchev–Trinajstić information content (AvgIpc) is 3.25. The predicted octanol–water partition coefficient (Wildman–Crippen LogP) is 1.79. The molecule has 0 aromatic carbocycles. The molecular formula is C16H15N7OS2. The number of fused-ring (bicyclic) bond motifs is 2. The van der Waals surface area contributed by atoms with Crippen LogP contribution in [0.25, 0.3) is 15.2 Å². The zero-order valence-corrected chi connectivity index (χ0v) is 15.6. The second-order valence-corrected chi connectivity index (χ2v) is 8.28. The molecule has 8 nitrogen and oxygen atoms in total. The van der Waals surface area contributed by atoms with E-state index in [2.05, 4.69) is 42.8 Å². The van der Waals surface area contributed by atoms with Crippen LogP contribution >= 0.6 is 22.7 Å². The molecule has 4 aromatic heterocycles. The van der Waals surface area contributed by atoms with Gasteiger partial charge in [-0.3, -0.25) is 4.79 Å². The van der Waals surface area contributed by atoms with Crippen molar-refractivity contribution in [2.75, 3.05) is 36.0 Å². The lowest BCUT2D eigenvalue weighted by Gasteiger charge is -2.35. The van der Waals surface area contributed by atoms with E-state index in [0.29, 0.717) is 4.96 Å². The van der Waals surface area contributed by atoms with E-state index in [0.717, 1.165) is 47.3 Å². The molecule has 0 N–H and O–H groups in total. The molecule has 26 heavy (non-hydrogen) atoms. The number of thiophene rings is 1. The topological polar surface area (TPSA) is 79.5 Å². The van der Waals surface area contributed by atoms with Gasteiger partial charge in [0.25, 0.3) is 5.56 Å². The highest BCUT2D eigenvalue weighted by Crippen LogP contribution is 2.31. The van der Waals surface area contributed by atoms with Gasteiger partial charge >= 0.3 is 0 Å². The Morgan fingerprint density at radius 3 is 2.65 bits per heavy atom. The lowest BCUT2D eigenvalue weighted by molar-refractivity contribution is 0.643. The minimum atomic E-state index is -0.146. The summed E-state index contributed by atoms with van der Waals surface area (Å²) in [5, 5.41) is 6.39. The van der Waals surface area contributed by atoms with Gasteiger partial charge in [0.2, 0.25) is 10.1 Å². The Bertz CT molecular complexity index is 1160. The van der Waals surface area contributed by atoms with Crippen molar-refractivity contribution in [3.05, 3.63) is 39.9 Å². The monoisotopic (exact) mass is 385 g/mol. The molecule has 5 heterocycles. The molecule has 5 rings (SSSR count). The van der Waals surface area contributed by atoms with Crippen molar-refractivity contribution in [3.8, 4) is 0 Å². The molecule has 0 unspecified atom stereocenters. The minimum absolute atomic E-state index is 0.146. The quantitative estimate of drug-likeness (QED) is 0.520. The van der Waals surface area contributed by atoms with E-state index in [9.17, 15) is 4.79 Å². The molecule has 10 heteroatoms. The lowest BCUT2D eigenvalue weighted by Crippen LogP contribution is -2.47. The van der Waals surface area contributed by atoms with Gasteiger partial charge in [-0.1, -0.05) is 11.3 Å². The standard InChI is InChI=1S/C16H15N7OS2/c1-10-8-11-13(18-9-19-14(11)25-10)21-4-6-22(7-5-21)16-20-23-12(24)2-3-17-15(23)26-16/h2-3,8-9H,4-7H2,1H3. The van der Waals surface area contributed by atoms with Crippen molar-refractivity contribution in [2.45, 2.75) is 6.92 Å². The maximum absolute atomic E-state index is 11.9. The molecule has 0 saturated carbocycles. The van der Waals surface area contributed by atoms with Crippen molar-refractivity contribution >= 4 is 48.8 Å². The molecule has 0 atom stereocenters. The Labute approximate surface area is 156 Å². The summed E-state index contributed by atoms with van der Waals surface area (Å²) in [4.78, 5) is 32.4. The largest absolute Gasteiger partial charge is 0.352 e. The third kappa shape index (κ3) is 2.53. The molecule has 0 aliphatic carbocycles. The highest BCUT2D eigenvalue weighted by Gasteiger charge is 2.23. The molecule has 1 aliphatic rings. The molecule has 0 amide bonds. The van der Waals surface area contributed by atoms with Crippen LogP contribution in [-0.4, -0.2) is 50.7 Å². The summed E-state index contributed by atoms with van der Waals surface area (Å²) < 4.78 is 1.37. The number of piperazine rings is 1. The fourth-order valence-corrected chi connectivity index (χ4v) is 4.96. The number of aromatic nitrogens is 5. The zero-order valence-electron chi connectivity index (χ0n) is 14.0. The Kier molecular flexibility index (Phi) is 3.61. The minimum Gasteiger partial charge on any atom is -0.352 e. The molecule has 1 fully saturated rings. The van der Waals surface area contributed by atoms with E-state index < -0.39 is 0 Å². The van der Waals surface area contributed by atoms with Gasteiger partial charge in [0.1, 0.15) is 17.0 Å². The summed E-state index contributed by atoms with van der Waals surface area (Å²) in [5.41, 5.74) is -0.146. The molecule has 1 aliphatic heterocycles. The second kappa shape index (κ2) is 5.99.